The van der Waals surface area contributed by atoms with Crippen molar-refractivity contribution in [2.24, 2.45) is 0 Å². The van der Waals surface area contributed by atoms with Gasteiger partial charge in [-0.3, -0.25) is 10.1 Å². The van der Waals surface area contributed by atoms with Crippen molar-refractivity contribution in [3.8, 4) is 11.8 Å². The summed E-state index contributed by atoms with van der Waals surface area (Å²) in [6.07, 6.45) is 4.77. The van der Waals surface area contributed by atoms with Gasteiger partial charge in [0, 0.05) is 24.5 Å². The van der Waals surface area contributed by atoms with Gasteiger partial charge >= 0.3 is 0 Å². The van der Waals surface area contributed by atoms with Crippen molar-refractivity contribution in [1.82, 2.24) is 9.55 Å². The van der Waals surface area contributed by atoms with E-state index in [-0.39, 0.29) is 11.3 Å². The topological polar surface area (TPSA) is 84.7 Å². The molecule has 6 nitrogen and oxygen atoms in total. The van der Waals surface area contributed by atoms with E-state index in [0.717, 1.165) is 0 Å². The third-order valence-electron chi connectivity index (χ3n) is 2.09. The first-order chi connectivity index (χ1) is 7.72. The second-order valence-electron chi connectivity index (χ2n) is 3.04. The van der Waals surface area contributed by atoms with Gasteiger partial charge < -0.3 is 4.57 Å². The predicted octanol–water partition coefficient (Wildman–Crippen LogP) is 1.65. The van der Waals surface area contributed by atoms with E-state index in [1.807, 2.05) is 6.07 Å². The average molecular weight is 214 g/mol. The maximum atomic E-state index is 10.5. The van der Waals surface area contributed by atoms with E-state index < -0.39 is 4.92 Å². The molecule has 0 aliphatic heterocycles. The van der Waals surface area contributed by atoms with Gasteiger partial charge in [0.25, 0.3) is 5.69 Å². The molecule has 0 atom stereocenters. The van der Waals surface area contributed by atoms with Crippen LogP contribution in [-0.4, -0.2) is 14.5 Å². The molecule has 1 aromatic heterocycles. The molecule has 0 fully saturated rings. The van der Waals surface area contributed by atoms with Crippen molar-refractivity contribution in [1.29, 1.82) is 5.26 Å². The molecule has 1 aromatic carbocycles. The lowest BCUT2D eigenvalue weighted by Crippen LogP contribution is -1.96. The molecule has 1 heterocycles. The van der Waals surface area contributed by atoms with Gasteiger partial charge in [0.05, 0.1) is 22.5 Å². The van der Waals surface area contributed by atoms with Gasteiger partial charge in [0.2, 0.25) is 0 Å². The summed E-state index contributed by atoms with van der Waals surface area (Å²) >= 11 is 0. The second-order valence-corrected chi connectivity index (χ2v) is 3.04. The highest BCUT2D eigenvalue weighted by Gasteiger charge is 2.11. The summed E-state index contributed by atoms with van der Waals surface area (Å²) in [6.45, 7) is 0. The molecule has 6 heteroatoms. The van der Waals surface area contributed by atoms with E-state index >= 15 is 0 Å². The number of benzene rings is 1. The fraction of sp³-hybridized carbons (Fsp3) is 0. The Bertz CT molecular complexity index is 569. The lowest BCUT2D eigenvalue weighted by molar-refractivity contribution is -0.384. The minimum absolute atomic E-state index is 0.0968. The van der Waals surface area contributed by atoms with Crippen molar-refractivity contribution in [3.63, 3.8) is 0 Å². The van der Waals surface area contributed by atoms with Gasteiger partial charge in [-0.1, -0.05) is 0 Å². The fourth-order valence-corrected chi connectivity index (χ4v) is 1.35. The number of imidazole rings is 1. The van der Waals surface area contributed by atoms with Gasteiger partial charge in [0.15, 0.2) is 0 Å². The SMILES string of the molecule is N#Cc1cc([N+](=O)[O-])ccc1-n1ccnc1. The molecule has 0 bridgehead atoms. The predicted molar refractivity (Wildman–Crippen MR) is 54.9 cm³/mol. The summed E-state index contributed by atoms with van der Waals surface area (Å²) in [7, 11) is 0. The zero-order valence-corrected chi connectivity index (χ0v) is 8.07. The van der Waals surface area contributed by atoms with Crippen LogP contribution in [0, 0.1) is 21.4 Å². The normalized spacial score (nSPS) is 9.69. The van der Waals surface area contributed by atoms with Crippen LogP contribution in [-0.2, 0) is 0 Å². The van der Waals surface area contributed by atoms with E-state index in [0.29, 0.717) is 5.69 Å². The molecule has 16 heavy (non-hydrogen) atoms. The fourth-order valence-electron chi connectivity index (χ4n) is 1.35. The first kappa shape index (κ1) is 9.86. The number of non-ortho nitro benzene ring substituents is 1. The number of aromatic nitrogens is 2. The van der Waals surface area contributed by atoms with Crippen LogP contribution in [0.3, 0.4) is 0 Å². The molecule has 2 rings (SSSR count). The van der Waals surface area contributed by atoms with Crippen molar-refractivity contribution < 1.29 is 4.92 Å². The van der Waals surface area contributed by atoms with E-state index in [1.54, 1.807) is 17.0 Å². The Hall–Kier alpha value is -2.68. The molecule has 78 valence electrons. The minimum Gasteiger partial charge on any atom is -0.305 e. The van der Waals surface area contributed by atoms with Crippen molar-refractivity contribution in [2.45, 2.75) is 0 Å². The molecule has 0 spiro atoms. The molecule has 0 aliphatic rings. The molecular weight excluding hydrogens is 208 g/mol. The quantitative estimate of drug-likeness (QED) is 0.562. The lowest BCUT2D eigenvalue weighted by atomic mass is 10.1. The van der Waals surface area contributed by atoms with Gasteiger partial charge in [-0.05, 0) is 6.07 Å². The van der Waals surface area contributed by atoms with Crippen LogP contribution >= 0.6 is 0 Å². The second kappa shape index (κ2) is 3.82. The van der Waals surface area contributed by atoms with Crippen LogP contribution in [0.25, 0.3) is 5.69 Å². The van der Waals surface area contributed by atoms with E-state index in [2.05, 4.69) is 4.98 Å². The van der Waals surface area contributed by atoms with Crippen LogP contribution in [0.2, 0.25) is 0 Å². The standard InChI is InChI=1S/C10H6N4O2/c11-6-8-5-9(14(15)16)1-2-10(8)13-4-3-12-7-13/h1-5,7H. The largest absolute Gasteiger partial charge is 0.305 e. The van der Waals surface area contributed by atoms with Crippen LogP contribution in [0.1, 0.15) is 5.56 Å². The molecular formula is C10H6N4O2. The van der Waals surface area contributed by atoms with Crippen LogP contribution in [0.4, 0.5) is 5.69 Å². The summed E-state index contributed by atoms with van der Waals surface area (Å²) < 4.78 is 1.63. The Kier molecular flexibility index (Phi) is 2.36. The lowest BCUT2D eigenvalue weighted by Gasteiger charge is -2.03. The summed E-state index contributed by atoms with van der Waals surface area (Å²) in [6, 6.07) is 6.05. The molecule has 2 aromatic rings. The maximum Gasteiger partial charge on any atom is 0.270 e. The molecule has 0 amide bonds. The van der Waals surface area contributed by atoms with Gasteiger partial charge in [-0.2, -0.15) is 5.26 Å². The summed E-state index contributed by atoms with van der Waals surface area (Å²) in [4.78, 5) is 13.9. The number of nitriles is 1. The zero-order chi connectivity index (χ0) is 11.5. The maximum absolute atomic E-state index is 10.5. The molecule has 0 radical (unpaired) electrons. The Balaban J connectivity index is 2.57. The van der Waals surface area contributed by atoms with Gasteiger partial charge in [0.1, 0.15) is 6.07 Å². The van der Waals surface area contributed by atoms with E-state index in [4.69, 9.17) is 5.26 Å². The van der Waals surface area contributed by atoms with E-state index in [9.17, 15) is 10.1 Å². The van der Waals surface area contributed by atoms with Crippen LogP contribution in [0.15, 0.2) is 36.9 Å². The summed E-state index contributed by atoms with van der Waals surface area (Å²) in [5.41, 5.74) is 0.721. The molecule has 0 aliphatic carbocycles. The average Bonchev–Trinajstić information content (AvgIpc) is 2.81. The molecule has 0 N–H and O–H groups in total. The highest BCUT2D eigenvalue weighted by Crippen LogP contribution is 2.20. The van der Waals surface area contributed by atoms with Gasteiger partial charge in [-0.15, -0.1) is 0 Å². The smallest absolute Gasteiger partial charge is 0.270 e. The van der Waals surface area contributed by atoms with Crippen LogP contribution in [0.5, 0.6) is 0 Å². The Morgan fingerprint density at radius 1 is 1.50 bits per heavy atom. The number of rotatable bonds is 2. The number of hydrogen-bond donors (Lipinski definition) is 0. The Labute approximate surface area is 90.5 Å². The van der Waals surface area contributed by atoms with E-state index in [1.165, 1.54) is 24.5 Å². The minimum atomic E-state index is -0.529. The van der Waals surface area contributed by atoms with Crippen molar-refractivity contribution in [2.75, 3.05) is 0 Å². The molecule has 0 saturated heterocycles. The number of hydrogen-bond acceptors (Lipinski definition) is 4. The monoisotopic (exact) mass is 214 g/mol. The molecule has 0 unspecified atom stereocenters. The Morgan fingerprint density at radius 2 is 2.31 bits per heavy atom. The third-order valence-corrected chi connectivity index (χ3v) is 2.09. The third kappa shape index (κ3) is 1.62. The van der Waals surface area contributed by atoms with Crippen molar-refractivity contribution >= 4 is 5.69 Å². The molecule has 0 saturated carbocycles. The van der Waals surface area contributed by atoms with Crippen molar-refractivity contribution in [3.05, 3.63) is 52.6 Å². The highest BCUT2D eigenvalue weighted by molar-refractivity contribution is 5.54. The van der Waals surface area contributed by atoms with Gasteiger partial charge in [-0.25, -0.2) is 4.98 Å². The summed E-state index contributed by atoms with van der Waals surface area (Å²) in [5.74, 6) is 0. The van der Waals surface area contributed by atoms with Crippen LogP contribution < -0.4 is 0 Å². The number of nitro benzene ring substituents is 1. The first-order valence-electron chi connectivity index (χ1n) is 4.39. The first-order valence-corrected chi connectivity index (χ1v) is 4.39. The Morgan fingerprint density at radius 3 is 2.88 bits per heavy atom. The zero-order valence-electron chi connectivity index (χ0n) is 8.07. The summed E-state index contributed by atoms with van der Waals surface area (Å²) in [5, 5.41) is 19.5. The number of nitro groups is 1. The number of nitrogens with zero attached hydrogens (tertiary/aromatic N) is 4. The highest BCUT2D eigenvalue weighted by atomic mass is 16.6.